The molecule has 24 heavy (non-hydrogen) atoms. The van der Waals surface area contributed by atoms with E-state index in [0.29, 0.717) is 18.5 Å². The van der Waals surface area contributed by atoms with Crippen LogP contribution in [0.1, 0.15) is 19.8 Å². The maximum Gasteiger partial charge on any atom is 0.311 e. The lowest BCUT2D eigenvalue weighted by molar-refractivity contribution is -0.385. The third kappa shape index (κ3) is 3.96. The smallest absolute Gasteiger partial charge is 0.311 e. The summed E-state index contributed by atoms with van der Waals surface area (Å²) in [6, 6.07) is 5.15. The molecule has 7 nitrogen and oxygen atoms in total. The Hall–Kier alpha value is -1.86. The SMILES string of the molecule is CCOc1cc(N2CCN(CC3CCCO3)CC2)ccc1[N+](=O)[O-]. The third-order valence-corrected chi connectivity index (χ3v) is 4.66. The molecular weight excluding hydrogens is 310 g/mol. The first-order chi connectivity index (χ1) is 11.7. The van der Waals surface area contributed by atoms with Gasteiger partial charge in [-0.2, -0.15) is 0 Å². The summed E-state index contributed by atoms with van der Waals surface area (Å²) in [5.41, 5.74) is 1.01. The van der Waals surface area contributed by atoms with Gasteiger partial charge >= 0.3 is 5.69 Å². The van der Waals surface area contributed by atoms with Crippen LogP contribution in [0.25, 0.3) is 0 Å². The third-order valence-electron chi connectivity index (χ3n) is 4.66. The Kier molecular flexibility index (Phi) is 5.52. The molecule has 132 valence electrons. The number of anilines is 1. The summed E-state index contributed by atoms with van der Waals surface area (Å²) in [6.07, 6.45) is 2.73. The molecule has 2 saturated heterocycles. The number of nitro groups is 1. The highest BCUT2D eigenvalue weighted by Gasteiger charge is 2.24. The Balaban J connectivity index is 1.61. The Morgan fingerprint density at radius 1 is 1.33 bits per heavy atom. The number of nitrogens with zero attached hydrogens (tertiary/aromatic N) is 3. The van der Waals surface area contributed by atoms with E-state index >= 15 is 0 Å². The second kappa shape index (κ2) is 7.81. The van der Waals surface area contributed by atoms with Crippen molar-refractivity contribution >= 4 is 11.4 Å². The summed E-state index contributed by atoms with van der Waals surface area (Å²) >= 11 is 0. The van der Waals surface area contributed by atoms with E-state index in [1.807, 2.05) is 13.0 Å². The Bertz CT molecular complexity index is 567. The van der Waals surface area contributed by atoms with Crippen molar-refractivity contribution in [2.24, 2.45) is 0 Å². The maximum atomic E-state index is 11.1. The molecule has 1 aromatic rings. The maximum absolute atomic E-state index is 11.1. The van der Waals surface area contributed by atoms with Crippen LogP contribution in [0.4, 0.5) is 11.4 Å². The van der Waals surface area contributed by atoms with Crippen molar-refractivity contribution in [1.29, 1.82) is 0 Å². The Morgan fingerprint density at radius 3 is 2.75 bits per heavy atom. The minimum Gasteiger partial charge on any atom is -0.487 e. The van der Waals surface area contributed by atoms with Crippen molar-refractivity contribution in [3.63, 3.8) is 0 Å². The van der Waals surface area contributed by atoms with E-state index in [0.717, 1.165) is 45.0 Å². The molecule has 0 aromatic heterocycles. The van der Waals surface area contributed by atoms with Gasteiger partial charge < -0.3 is 14.4 Å². The number of hydrogen-bond donors (Lipinski definition) is 0. The molecule has 0 saturated carbocycles. The normalized spacial score (nSPS) is 21.9. The zero-order chi connectivity index (χ0) is 16.9. The molecule has 1 aromatic carbocycles. The summed E-state index contributed by atoms with van der Waals surface area (Å²) < 4.78 is 11.2. The minimum atomic E-state index is -0.395. The predicted molar refractivity (Wildman–Crippen MR) is 91.9 cm³/mol. The van der Waals surface area contributed by atoms with E-state index in [4.69, 9.17) is 9.47 Å². The van der Waals surface area contributed by atoms with Gasteiger partial charge in [0.05, 0.1) is 17.6 Å². The lowest BCUT2D eigenvalue weighted by atomic mass is 10.2. The molecule has 0 spiro atoms. The van der Waals surface area contributed by atoms with Crippen LogP contribution in [0.5, 0.6) is 5.75 Å². The lowest BCUT2D eigenvalue weighted by Gasteiger charge is -2.37. The number of nitro benzene ring substituents is 1. The molecular formula is C17H25N3O4. The molecule has 1 atom stereocenters. The first kappa shape index (κ1) is 17.0. The van der Waals surface area contributed by atoms with Gasteiger partial charge in [-0.1, -0.05) is 0 Å². The highest BCUT2D eigenvalue weighted by atomic mass is 16.6. The summed E-state index contributed by atoms with van der Waals surface area (Å²) in [5.74, 6) is 0.349. The van der Waals surface area contributed by atoms with E-state index in [1.54, 1.807) is 12.1 Å². The van der Waals surface area contributed by atoms with Crippen molar-refractivity contribution in [1.82, 2.24) is 4.90 Å². The summed E-state index contributed by atoms with van der Waals surface area (Å²) in [4.78, 5) is 15.4. The first-order valence-corrected chi connectivity index (χ1v) is 8.67. The molecule has 7 heteroatoms. The number of benzene rings is 1. The standard InChI is InChI=1S/C17H25N3O4/c1-2-23-17-12-14(5-6-16(17)20(21)22)19-9-7-18(8-10-19)13-15-4-3-11-24-15/h5-6,12,15H,2-4,7-11,13H2,1H3. The van der Waals surface area contributed by atoms with Crippen molar-refractivity contribution in [2.45, 2.75) is 25.9 Å². The monoisotopic (exact) mass is 335 g/mol. The van der Waals surface area contributed by atoms with Gasteiger partial charge in [-0.3, -0.25) is 15.0 Å². The van der Waals surface area contributed by atoms with Gasteiger partial charge in [-0.25, -0.2) is 0 Å². The van der Waals surface area contributed by atoms with Crippen LogP contribution in [-0.4, -0.2) is 61.9 Å². The van der Waals surface area contributed by atoms with E-state index in [2.05, 4.69) is 9.80 Å². The van der Waals surface area contributed by atoms with Gasteiger partial charge in [0.2, 0.25) is 0 Å². The molecule has 0 amide bonds. The number of rotatable bonds is 6. The van der Waals surface area contributed by atoms with Crippen LogP contribution < -0.4 is 9.64 Å². The van der Waals surface area contributed by atoms with Crippen molar-refractivity contribution in [3.05, 3.63) is 28.3 Å². The van der Waals surface area contributed by atoms with Gasteiger partial charge in [0.15, 0.2) is 5.75 Å². The molecule has 2 heterocycles. The molecule has 2 aliphatic heterocycles. The largest absolute Gasteiger partial charge is 0.487 e. The quantitative estimate of drug-likeness (QED) is 0.587. The topological polar surface area (TPSA) is 68.1 Å². The van der Waals surface area contributed by atoms with Gasteiger partial charge in [0.25, 0.3) is 0 Å². The van der Waals surface area contributed by atoms with E-state index < -0.39 is 4.92 Å². The molecule has 2 aliphatic rings. The van der Waals surface area contributed by atoms with Gasteiger partial charge in [0.1, 0.15) is 0 Å². The van der Waals surface area contributed by atoms with E-state index in [1.165, 1.54) is 12.8 Å². The summed E-state index contributed by atoms with van der Waals surface area (Å²) in [5, 5.41) is 11.1. The highest BCUT2D eigenvalue weighted by molar-refractivity contribution is 5.59. The zero-order valence-electron chi connectivity index (χ0n) is 14.1. The van der Waals surface area contributed by atoms with Crippen LogP contribution in [0, 0.1) is 10.1 Å². The Labute approximate surface area is 142 Å². The van der Waals surface area contributed by atoms with E-state index in [-0.39, 0.29) is 5.69 Å². The second-order valence-corrected chi connectivity index (χ2v) is 6.26. The van der Waals surface area contributed by atoms with Crippen molar-refractivity contribution in [3.8, 4) is 5.75 Å². The molecule has 3 rings (SSSR count). The number of piperazine rings is 1. The molecule has 1 unspecified atom stereocenters. The number of hydrogen-bond acceptors (Lipinski definition) is 6. The summed E-state index contributed by atoms with van der Waals surface area (Å²) in [6.45, 7) is 7.96. The first-order valence-electron chi connectivity index (χ1n) is 8.67. The molecule has 2 fully saturated rings. The summed E-state index contributed by atoms with van der Waals surface area (Å²) in [7, 11) is 0. The van der Waals surface area contributed by atoms with Crippen LogP contribution in [0.15, 0.2) is 18.2 Å². The predicted octanol–water partition coefficient (Wildman–Crippen LogP) is 2.29. The fourth-order valence-corrected chi connectivity index (χ4v) is 3.39. The van der Waals surface area contributed by atoms with Gasteiger partial charge in [-0.15, -0.1) is 0 Å². The fourth-order valence-electron chi connectivity index (χ4n) is 3.39. The molecule has 0 N–H and O–H groups in total. The van der Waals surface area contributed by atoms with Crippen LogP contribution >= 0.6 is 0 Å². The van der Waals surface area contributed by atoms with Crippen molar-refractivity contribution in [2.75, 3.05) is 50.8 Å². The highest BCUT2D eigenvalue weighted by Crippen LogP contribution is 2.32. The molecule has 0 bridgehead atoms. The van der Waals surface area contributed by atoms with E-state index in [9.17, 15) is 10.1 Å². The molecule has 0 radical (unpaired) electrons. The van der Waals surface area contributed by atoms with Crippen LogP contribution in [0.2, 0.25) is 0 Å². The molecule has 0 aliphatic carbocycles. The van der Waals surface area contributed by atoms with Gasteiger partial charge in [-0.05, 0) is 25.8 Å². The number of ether oxygens (including phenoxy) is 2. The average molecular weight is 335 g/mol. The second-order valence-electron chi connectivity index (χ2n) is 6.26. The fraction of sp³-hybridized carbons (Fsp3) is 0.647. The Morgan fingerprint density at radius 2 is 2.12 bits per heavy atom. The lowest BCUT2D eigenvalue weighted by Crippen LogP contribution is -2.48. The van der Waals surface area contributed by atoms with Crippen LogP contribution in [0.3, 0.4) is 0 Å². The average Bonchev–Trinajstić information content (AvgIpc) is 3.08. The van der Waals surface area contributed by atoms with Gasteiger partial charge in [0, 0.05) is 57.2 Å². The van der Waals surface area contributed by atoms with Crippen molar-refractivity contribution < 1.29 is 14.4 Å². The van der Waals surface area contributed by atoms with Crippen LogP contribution in [-0.2, 0) is 4.74 Å². The minimum absolute atomic E-state index is 0.0256. The zero-order valence-corrected chi connectivity index (χ0v) is 14.1.